The van der Waals surface area contributed by atoms with Crippen molar-refractivity contribution in [3.05, 3.63) is 26.0 Å². The summed E-state index contributed by atoms with van der Waals surface area (Å²) >= 11 is 11.6. The summed E-state index contributed by atoms with van der Waals surface area (Å²) in [5.74, 6) is 0.658. The molecule has 0 fully saturated rings. The molecule has 1 heterocycles. The number of methoxy groups -OCH3 is 1. The van der Waals surface area contributed by atoms with Gasteiger partial charge in [0.25, 0.3) is 0 Å². The summed E-state index contributed by atoms with van der Waals surface area (Å²) in [6, 6.07) is 0. The lowest BCUT2D eigenvalue weighted by Gasteiger charge is -2.10. The summed E-state index contributed by atoms with van der Waals surface area (Å²) in [6.45, 7) is 4.07. The van der Waals surface area contributed by atoms with E-state index in [-0.39, 0.29) is 21.4 Å². The van der Waals surface area contributed by atoms with Crippen LogP contribution in [0.25, 0.3) is 0 Å². The van der Waals surface area contributed by atoms with E-state index in [9.17, 15) is 4.79 Å². The maximum atomic E-state index is 11.6. The third kappa shape index (κ3) is 2.67. The Morgan fingerprint density at radius 3 is 2.40 bits per heavy atom. The molecule has 1 aromatic rings. The number of hydrogen-bond donors (Lipinski definition) is 1. The molecular weight excluding hydrogens is 237 g/mol. The van der Waals surface area contributed by atoms with E-state index in [4.69, 9.17) is 27.9 Å². The van der Waals surface area contributed by atoms with E-state index >= 15 is 0 Å². The molecule has 1 rings (SSSR count). The van der Waals surface area contributed by atoms with E-state index in [1.54, 1.807) is 0 Å². The molecule has 0 aromatic carbocycles. The Labute approximate surface area is 98.4 Å². The topological polar surface area (TPSA) is 42.1 Å². The highest BCUT2D eigenvalue weighted by Crippen LogP contribution is 2.23. The molecule has 0 aliphatic heterocycles. The minimum absolute atomic E-state index is 0.00462. The molecule has 1 N–H and O–H groups in total. The second-order valence-electron chi connectivity index (χ2n) is 3.69. The number of rotatable bonds is 3. The first-order valence-electron chi connectivity index (χ1n) is 4.61. The first-order valence-corrected chi connectivity index (χ1v) is 5.37. The molecule has 15 heavy (non-hydrogen) atoms. The number of H-pyrrole nitrogens is 1. The van der Waals surface area contributed by atoms with Crippen LogP contribution < -0.4 is 10.2 Å². The number of nitrogens with one attached hydrogen (secondary N) is 1. The van der Waals surface area contributed by atoms with Crippen LogP contribution in [0.2, 0.25) is 10.0 Å². The van der Waals surface area contributed by atoms with Crippen LogP contribution in [0.5, 0.6) is 5.88 Å². The van der Waals surface area contributed by atoms with Gasteiger partial charge < -0.3 is 9.72 Å². The summed E-state index contributed by atoms with van der Waals surface area (Å²) < 4.78 is 4.96. The summed E-state index contributed by atoms with van der Waals surface area (Å²) in [4.78, 5) is 14.5. The van der Waals surface area contributed by atoms with Crippen molar-refractivity contribution < 1.29 is 4.74 Å². The van der Waals surface area contributed by atoms with Crippen LogP contribution in [-0.2, 0) is 6.42 Å². The second kappa shape index (κ2) is 4.90. The molecule has 84 valence electrons. The fourth-order valence-corrected chi connectivity index (χ4v) is 1.76. The smallest absolute Gasteiger partial charge is 0.222 e. The summed E-state index contributed by atoms with van der Waals surface area (Å²) in [5, 5.41) is 0.143. The maximum absolute atomic E-state index is 11.6. The van der Waals surface area contributed by atoms with Crippen molar-refractivity contribution in [2.45, 2.75) is 20.3 Å². The summed E-state index contributed by atoms with van der Waals surface area (Å²) in [7, 11) is 1.45. The quantitative estimate of drug-likeness (QED) is 0.896. The van der Waals surface area contributed by atoms with E-state index in [1.807, 2.05) is 13.8 Å². The van der Waals surface area contributed by atoms with Gasteiger partial charge in [0.15, 0.2) is 0 Å². The lowest BCUT2D eigenvalue weighted by Crippen LogP contribution is -2.12. The number of halogens is 2. The normalized spacial score (nSPS) is 10.8. The van der Waals surface area contributed by atoms with Gasteiger partial charge in [-0.3, -0.25) is 4.79 Å². The number of hydrogen-bond acceptors (Lipinski definition) is 2. The third-order valence-corrected chi connectivity index (χ3v) is 2.69. The second-order valence-corrected chi connectivity index (χ2v) is 4.45. The fourth-order valence-electron chi connectivity index (χ4n) is 1.27. The molecule has 1 aromatic heterocycles. The highest BCUT2D eigenvalue weighted by molar-refractivity contribution is 6.35. The van der Waals surface area contributed by atoms with E-state index in [2.05, 4.69) is 4.98 Å². The van der Waals surface area contributed by atoms with Crippen LogP contribution in [0.15, 0.2) is 4.79 Å². The zero-order valence-corrected chi connectivity index (χ0v) is 10.4. The van der Waals surface area contributed by atoms with Gasteiger partial charge in [-0.1, -0.05) is 37.0 Å². The molecule has 3 nitrogen and oxygen atoms in total. The molecular formula is C10H13Cl2NO2. The Hall–Kier alpha value is -0.670. The SMILES string of the molecule is COc1[nH]c(CC(C)C)c(Cl)c(=O)c1Cl. The highest BCUT2D eigenvalue weighted by Gasteiger charge is 2.14. The molecule has 0 radical (unpaired) electrons. The molecule has 0 saturated heterocycles. The molecule has 0 aliphatic carbocycles. The molecule has 0 atom stereocenters. The minimum Gasteiger partial charge on any atom is -0.481 e. The average molecular weight is 250 g/mol. The predicted octanol–water partition coefficient (Wildman–Crippen LogP) is 2.89. The van der Waals surface area contributed by atoms with E-state index < -0.39 is 0 Å². The molecule has 0 saturated carbocycles. The van der Waals surface area contributed by atoms with Crippen LogP contribution >= 0.6 is 23.2 Å². The number of ether oxygens (including phenoxy) is 1. The summed E-state index contributed by atoms with van der Waals surface area (Å²) in [6.07, 6.45) is 0.682. The zero-order valence-electron chi connectivity index (χ0n) is 8.86. The van der Waals surface area contributed by atoms with Crippen molar-refractivity contribution in [2.75, 3.05) is 7.11 Å². The Kier molecular flexibility index (Phi) is 4.05. The van der Waals surface area contributed by atoms with E-state index in [0.29, 0.717) is 18.0 Å². The maximum Gasteiger partial charge on any atom is 0.222 e. The van der Waals surface area contributed by atoms with Gasteiger partial charge in [0, 0.05) is 5.69 Å². The van der Waals surface area contributed by atoms with Crippen molar-refractivity contribution in [3.8, 4) is 5.88 Å². The van der Waals surface area contributed by atoms with Crippen LogP contribution in [0.4, 0.5) is 0 Å². The first-order chi connectivity index (χ1) is 6.97. The van der Waals surface area contributed by atoms with Crippen LogP contribution in [0.1, 0.15) is 19.5 Å². The standard InChI is InChI=1S/C10H13Cl2NO2/c1-5(2)4-6-7(11)9(14)8(12)10(13-6)15-3/h5H,4H2,1-3H3,(H,13,14). The van der Waals surface area contributed by atoms with Gasteiger partial charge in [0.2, 0.25) is 11.3 Å². The Morgan fingerprint density at radius 1 is 1.33 bits per heavy atom. The Balaban J connectivity index is 3.29. The van der Waals surface area contributed by atoms with Crippen molar-refractivity contribution >= 4 is 23.2 Å². The third-order valence-electron chi connectivity index (χ3n) is 1.94. The molecule has 0 unspecified atom stereocenters. The molecule has 0 spiro atoms. The monoisotopic (exact) mass is 249 g/mol. The van der Waals surface area contributed by atoms with Crippen molar-refractivity contribution in [1.29, 1.82) is 0 Å². The van der Waals surface area contributed by atoms with Crippen LogP contribution in [-0.4, -0.2) is 12.1 Å². The van der Waals surface area contributed by atoms with Gasteiger partial charge in [-0.2, -0.15) is 0 Å². The Bertz CT molecular complexity index is 413. The van der Waals surface area contributed by atoms with Gasteiger partial charge in [0.05, 0.1) is 7.11 Å². The molecule has 0 bridgehead atoms. The van der Waals surface area contributed by atoms with Crippen LogP contribution in [0, 0.1) is 5.92 Å². The van der Waals surface area contributed by atoms with Gasteiger partial charge >= 0.3 is 0 Å². The highest BCUT2D eigenvalue weighted by atomic mass is 35.5. The predicted molar refractivity (Wildman–Crippen MR) is 62.2 cm³/mol. The Morgan fingerprint density at radius 2 is 1.93 bits per heavy atom. The largest absolute Gasteiger partial charge is 0.481 e. The fraction of sp³-hybridized carbons (Fsp3) is 0.500. The number of aromatic nitrogens is 1. The van der Waals surface area contributed by atoms with Crippen molar-refractivity contribution in [3.63, 3.8) is 0 Å². The van der Waals surface area contributed by atoms with E-state index in [1.165, 1.54) is 7.11 Å². The number of aromatic amines is 1. The van der Waals surface area contributed by atoms with Crippen molar-refractivity contribution in [2.24, 2.45) is 5.92 Å². The van der Waals surface area contributed by atoms with Gasteiger partial charge in [-0.05, 0) is 12.3 Å². The van der Waals surface area contributed by atoms with Crippen molar-refractivity contribution in [1.82, 2.24) is 4.98 Å². The zero-order chi connectivity index (χ0) is 11.6. The van der Waals surface area contributed by atoms with E-state index in [0.717, 1.165) is 0 Å². The van der Waals surface area contributed by atoms with Gasteiger partial charge in [-0.15, -0.1) is 0 Å². The first kappa shape index (κ1) is 12.4. The molecule has 5 heteroatoms. The lowest BCUT2D eigenvalue weighted by molar-refractivity contribution is 0.395. The number of pyridine rings is 1. The molecule has 0 aliphatic rings. The van der Waals surface area contributed by atoms with Crippen LogP contribution in [0.3, 0.4) is 0 Å². The van der Waals surface area contributed by atoms with Gasteiger partial charge in [-0.25, -0.2) is 0 Å². The lowest BCUT2D eigenvalue weighted by atomic mass is 10.1. The minimum atomic E-state index is -0.385. The molecule has 0 amide bonds. The average Bonchev–Trinajstić information content (AvgIpc) is 2.18. The summed E-state index contributed by atoms with van der Waals surface area (Å²) in [5.41, 5.74) is 0.280. The van der Waals surface area contributed by atoms with Gasteiger partial charge in [0.1, 0.15) is 10.0 Å².